The Hall–Kier alpha value is -2.64. The summed E-state index contributed by atoms with van der Waals surface area (Å²) in [4.78, 5) is 27.3. The highest BCUT2D eigenvalue weighted by Crippen LogP contribution is 2.43. The number of unbranched alkanes of at least 4 members (excludes halogenated alkanes) is 1. The number of amides is 3. The number of benzene rings is 1. The van der Waals surface area contributed by atoms with Crippen molar-refractivity contribution in [3.8, 4) is 17.2 Å². The molecule has 2 N–H and O–H groups in total. The van der Waals surface area contributed by atoms with E-state index < -0.39 is 0 Å². The van der Waals surface area contributed by atoms with E-state index in [2.05, 4.69) is 17.6 Å². The highest BCUT2D eigenvalue weighted by molar-refractivity contribution is 5.83. The molecule has 1 fully saturated rings. The van der Waals surface area contributed by atoms with E-state index in [1.54, 1.807) is 26.2 Å². The lowest BCUT2D eigenvalue weighted by atomic mass is 9.88. The third-order valence-electron chi connectivity index (χ3n) is 5.30. The van der Waals surface area contributed by atoms with E-state index in [1.165, 1.54) is 0 Å². The first kappa shape index (κ1) is 23.6. The summed E-state index contributed by atoms with van der Waals surface area (Å²) in [5.74, 6) is 0.979. The predicted octanol–water partition coefficient (Wildman–Crippen LogP) is 2.76. The Bertz CT molecular complexity index is 712. The van der Waals surface area contributed by atoms with Crippen LogP contribution in [0.1, 0.15) is 45.1 Å². The van der Waals surface area contributed by atoms with E-state index in [1.807, 2.05) is 26.0 Å². The number of likely N-dealkylation sites (tertiary alicyclic amines) is 1. The van der Waals surface area contributed by atoms with Gasteiger partial charge in [0.05, 0.1) is 27.2 Å². The van der Waals surface area contributed by atoms with Gasteiger partial charge in [0.1, 0.15) is 0 Å². The molecule has 1 aliphatic heterocycles. The second-order valence-electron chi connectivity index (χ2n) is 7.83. The van der Waals surface area contributed by atoms with Crippen molar-refractivity contribution in [1.82, 2.24) is 15.5 Å². The van der Waals surface area contributed by atoms with Crippen LogP contribution in [-0.4, -0.2) is 63.8 Å². The van der Waals surface area contributed by atoms with E-state index in [0.717, 1.165) is 18.4 Å². The van der Waals surface area contributed by atoms with Crippen LogP contribution < -0.4 is 24.8 Å². The van der Waals surface area contributed by atoms with Gasteiger partial charge >= 0.3 is 6.03 Å². The van der Waals surface area contributed by atoms with E-state index in [4.69, 9.17) is 14.2 Å². The summed E-state index contributed by atoms with van der Waals surface area (Å²) in [6.45, 7) is 7.34. The van der Waals surface area contributed by atoms with Crippen molar-refractivity contribution >= 4 is 11.9 Å². The molecule has 8 nitrogen and oxygen atoms in total. The highest BCUT2D eigenvalue weighted by Gasteiger charge is 2.41. The first-order valence-electron chi connectivity index (χ1n) is 10.5. The average molecular weight is 422 g/mol. The highest BCUT2D eigenvalue weighted by atomic mass is 16.5. The molecule has 0 aromatic heterocycles. The summed E-state index contributed by atoms with van der Waals surface area (Å²) >= 11 is 0. The minimum atomic E-state index is -0.359. The molecule has 1 saturated heterocycles. The normalized spacial score (nSPS) is 18.3. The largest absolute Gasteiger partial charge is 0.493 e. The van der Waals surface area contributed by atoms with Gasteiger partial charge in [0.15, 0.2) is 11.5 Å². The summed E-state index contributed by atoms with van der Waals surface area (Å²) in [6.07, 6.45) is 1.93. The third-order valence-corrected chi connectivity index (χ3v) is 5.30. The molecule has 0 unspecified atom stereocenters. The van der Waals surface area contributed by atoms with Crippen LogP contribution >= 0.6 is 0 Å². The molecule has 168 valence electrons. The SMILES string of the molecule is CCCCNC(=O)[C@@H]1CN(C(=O)NC(C)C)C[C@H]1c1cc(OC)c(OC)c(OC)c1. The average Bonchev–Trinajstić information content (AvgIpc) is 3.18. The number of rotatable bonds is 9. The summed E-state index contributed by atoms with van der Waals surface area (Å²) in [5.41, 5.74) is 0.875. The Balaban J connectivity index is 2.37. The molecule has 1 aromatic carbocycles. The van der Waals surface area contributed by atoms with Gasteiger partial charge < -0.3 is 29.7 Å². The molecule has 1 aliphatic rings. The van der Waals surface area contributed by atoms with Gasteiger partial charge in [-0.25, -0.2) is 4.79 Å². The van der Waals surface area contributed by atoms with Crippen molar-refractivity contribution in [2.45, 2.75) is 45.6 Å². The van der Waals surface area contributed by atoms with Gasteiger partial charge in [0.2, 0.25) is 11.7 Å². The minimum absolute atomic E-state index is 0.0227. The number of carbonyl (C=O) groups is 2. The summed E-state index contributed by atoms with van der Waals surface area (Å²) in [7, 11) is 4.68. The second-order valence-corrected chi connectivity index (χ2v) is 7.83. The van der Waals surface area contributed by atoms with E-state index in [0.29, 0.717) is 36.9 Å². The lowest BCUT2D eigenvalue weighted by Crippen LogP contribution is -2.42. The molecule has 2 rings (SSSR count). The van der Waals surface area contributed by atoms with Crippen LogP contribution in [0.15, 0.2) is 12.1 Å². The Labute approximate surface area is 179 Å². The fourth-order valence-corrected chi connectivity index (χ4v) is 3.75. The molecular weight excluding hydrogens is 386 g/mol. The third kappa shape index (κ3) is 5.49. The lowest BCUT2D eigenvalue weighted by Gasteiger charge is -2.21. The van der Waals surface area contributed by atoms with Crippen molar-refractivity contribution < 1.29 is 23.8 Å². The van der Waals surface area contributed by atoms with Gasteiger partial charge in [-0.15, -0.1) is 0 Å². The van der Waals surface area contributed by atoms with Crippen LogP contribution in [0.5, 0.6) is 17.2 Å². The van der Waals surface area contributed by atoms with Crippen molar-refractivity contribution in [3.05, 3.63) is 17.7 Å². The van der Waals surface area contributed by atoms with E-state index >= 15 is 0 Å². The van der Waals surface area contributed by atoms with Crippen LogP contribution in [-0.2, 0) is 4.79 Å². The molecule has 0 radical (unpaired) electrons. The number of urea groups is 1. The van der Waals surface area contributed by atoms with Crippen molar-refractivity contribution in [2.24, 2.45) is 5.92 Å². The summed E-state index contributed by atoms with van der Waals surface area (Å²) in [6, 6.07) is 3.59. The fourth-order valence-electron chi connectivity index (χ4n) is 3.75. The summed E-state index contributed by atoms with van der Waals surface area (Å²) in [5, 5.41) is 5.94. The smallest absolute Gasteiger partial charge is 0.317 e. The van der Waals surface area contributed by atoms with Crippen LogP contribution in [0.4, 0.5) is 4.79 Å². The van der Waals surface area contributed by atoms with Gasteiger partial charge in [0.25, 0.3) is 0 Å². The number of carbonyl (C=O) groups excluding carboxylic acids is 2. The van der Waals surface area contributed by atoms with Crippen molar-refractivity contribution in [1.29, 1.82) is 0 Å². The Morgan fingerprint density at radius 2 is 1.73 bits per heavy atom. The Morgan fingerprint density at radius 1 is 1.10 bits per heavy atom. The fraction of sp³-hybridized carbons (Fsp3) is 0.636. The maximum Gasteiger partial charge on any atom is 0.317 e. The van der Waals surface area contributed by atoms with Crippen LogP contribution in [0, 0.1) is 5.92 Å². The van der Waals surface area contributed by atoms with Gasteiger partial charge in [-0.05, 0) is 38.0 Å². The van der Waals surface area contributed by atoms with Crippen LogP contribution in [0.2, 0.25) is 0 Å². The quantitative estimate of drug-likeness (QED) is 0.599. The molecule has 1 heterocycles. The van der Waals surface area contributed by atoms with Crippen molar-refractivity contribution in [2.75, 3.05) is 41.0 Å². The van der Waals surface area contributed by atoms with Crippen molar-refractivity contribution in [3.63, 3.8) is 0 Å². The first-order chi connectivity index (χ1) is 14.4. The van der Waals surface area contributed by atoms with Gasteiger partial charge in [-0.1, -0.05) is 13.3 Å². The van der Waals surface area contributed by atoms with Gasteiger partial charge in [-0.2, -0.15) is 0 Å². The number of ether oxygens (including phenoxy) is 3. The standard InChI is InChI=1S/C22H35N3O5/c1-7-8-9-23-21(26)17-13-25(22(27)24-14(2)3)12-16(17)15-10-18(28-4)20(30-6)19(11-15)29-5/h10-11,14,16-17H,7-9,12-13H2,1-6H3,(H,23,26)(H,24,27)/t16-,17+/m0/s1. The first-order valence-corrected chi connectivity index (χ1v) is 10.5. The zero-order valence-electron chi connectivity index (χ0n) is 18.9. The van der Waals surface area contributed by atoms with E-state index in [9.17, 15) is 9.59 Å². The maximum atomic E-state index is 13.0. The van der Waals surface area contributed by atoms with Gasteiger partial charge in [0, 0.05) is 31.6 Å². The molecule has 30 heavy (non-hydrogen) atoms. The topological polar surface area (TPSA) is 89.1 Å². The molecule has 8 heteroatoms. The molecule has 2 atom stereocenters. The lowest BCUT2D eigenvalue weighted by molar-refractivity contribution is -0.124. The second kappa shape index (κ2) is 10.9. The molecule has 1 aromatic rings. The molecule has 0 bridgehead atoms. The zero-order valence-corrected chi connectivity index (χ0v) is 18.9. The number of methoxy groups -OCH3 is 3. The monoisotopic (exact) mass is 421 g/mol. The molecule has 0 saturated carbocycles. The predicted molar refractivity (Wildman–Crippen MR) is 115 cm³/mol. The molecular formula is C22H35N3O5. The van der Waals surface area contributed by atoms with Crippen LogP contribution in [0.25, 0.3) is 0 Å². The maximum absolute atomic E-state index is 13.0. The number of nitrogens with zero attached hydrogens (tertiary/aromatic N) is 1. The van der Waals surface area contributed by atoms with Gasteiger partial charge in [-0.3, -0.25) is 4.79 Å². The number of hydrogen-bond donors (Lipinski definition) is 2. The molecule has 0 spiro atoms. The molecule has 3 amide bonds. The van der Waals surface area contributed by atoms with E-state index in [-0.39, 0.29) is 29.8 Å². The minimum Gasteiger partial charge on any atom is -0.493 e. The van der Waals surface area contributed by atoms with Crippen LogP contribution in [0.3, 0.4) is 0 Å². The number of hydrogen-bond acceptors (Lipinski definition) is 5. The Morgan fingerprint density at radius 3 is 2.23 bits per heavy atom. The summed E-state index contributed by atoms with van der Waals surface area (Å²) < 4.78 is 16.4. The zero-order chi connectivity index (χ0) is 22.3. The Kier molecular flexibility index (Phi) is 8.62. The number of nitrogens with one attached hydrogen (secondary N) is 2. The molecule has 0 aliphatic carbocycles.